The molecule has 0 aliphatic carbocycles. The molecule has 1 aromatic carbocycles. The van der Waals surface area contributed by atoms with Crippen molar-refractivity contribution < 1.29 is 19.0 Å². The second-order valence-corrected chi connectivity index (χ2v) is 6.54. The molecule has 27 heavy (non-hydrogen) atoms. The number of piperidine rings is 1. The number of benzene rings is 1. The zero-order valence-electron chi connectivity index (χ0n) is 15.3. The highest BCUT2D eigenvalue weighted by Gasteiger charge is 2.25. The van der Waals surface area contributed by atoms with Crippen LogP contribution in [-0.4, -0.2) is 49.3 Å². The molecule has 2 aromatic rings. The van der Waals surface area contributed by atoms with Gasteiger partial charge in [-0.05, 0) is 25.0 Å². The molecule has 2 amide bonds. The predicted octanol–water partition coefficient (Wildman–Crippen LogP) is 3.83. The molecule has 0 saturated carbocycles. The number of nitrogens with zero attached hydrogens (tertiary/aromatic N) is 2. The first-order valence-electron chi connectivity index (χ1n) is 8.65. The number of ether oxygens (including phenoxy) is 3. The first kappa shape index (κ1) is 19.1. The molecule has 0 radical (unpaired) electrons. The fourth-order valence-electron chi connectivity index (χ4n) is 2.97. The van der Waals surface area contributed by atoms with Gasteiger partial charge in [0.15, 0.2) is 11.5 Å². The number of nitrogens with one attached hydrogen (secondary N) is 1. The Labute approximate surface area is 163 Å². The molecular formula is C19H22ClN3O4. The number of amides is 2. The van der Waals surface area contributed by atoms with Crippen LogP contribution in [0.4, 0.5) is 10.5 Å². The fraction of sp³-hybridized carbons (Fsp3) is 0.368. The average Bonchev–Trinajstić information content (AvgIpc) is 2.70. The number of likely N-dealkylation sites (tertiary alicyclic amines) is 1. The lowest BCUT2D eigenvalue weighted by Gasteiger charge is -2.33. The number of carbonyl (C=O) groups is 1. The van der Waals surface area contributed by atoms with Crippen molar-refractivity contribution in [1.29, 1.82) is 0 Å². The van der Waals surface area contributed by atoms with E-state index >= 15 is 0 Å². The summed E-state index contributed by atoms with van der Waals surface area (Å²) >= 11 is 6.10. The van der Waals surface area contributed by atoms with Gasteiger partial charge in [-0.25, -0.2) is 4.79 Å². The quantitative estimate of drug-likeness (QED) is 0.838. The monoisotopic (exact) mass is 391 g/mol. The highest BCUT2D eigenvalue weighted by molar-refractivity contribution is 6.31. The molecule has 1 aromatic heterocycles. The summed E-state index contributed by atoms with van der Waals surface area (Å²) in [5.74, 6) is 1.75. The minimum Gasteiger partial charge on any atom is -0.493 e. The van der Waals surface area contributed by atoms with Gasteiger partial charge in [-0.1, -0.05) is 11.6 Å². The van der Waals surface area contributed by atoms with Gasteiger partial charge < -0.3 is 24.4 Å². The number of anilines is 1. The first-order chi connectivity index (χ1) is 13.1. The van der Waals surface area contributed by atoms with Crippen molar-refractivity contribution in [1.82, 2.24) is 9.88 Å². The number of aromatic nitrogens is 1. The third kappa shape index (κ3) is 4.74. The van der Waals surface area contributed by atoms with E-state index in [0.717, 1.165) is 12.8 Å². The molecule has 0 unspecified atom stereocenters. The third-order valence-corrected chi connectivity index (χ3v) is 4.61. The SMILES string of the molecule is COc1ccc(NC(=O)N2CCC[C@@H](Oc3ccncc3Cl)C2)cc1OC. The van der Waals surface area contributed by atoms with Crippen LogP contribution in [0.15, 0.2) is 36.7 Å². The Morgan fingerprint density at radius 3 is 2.78 bits per heavy atom. The van der Waals surface area contributed by atoms with Crippen LogP contribution in [0.1, 0.15) is 12.8 Å². The van der Waals surface area contributed by atoms with Crippen LogP contribution < -0.4 is 19.5 Å². The van der Waals surface area contributed by atoms with Crippen molar-refractivity contribution in [3.8, 4) is 17.2 Å². The Hall–Kier alpha value is -2.67. The Morgan fingerprint density at radius 1 is 1.22 bits per heavy atom. The van der Waals surface area contributed by atoms with Crippen LogP contribution in [0.2, 0.25) is 5.02 Å². The van der Waals surface area contributed by atoms with E-state index in [4.69, 9.17) is 25.8 Å². The van der Waals surface area contributed by atoms with Crippen molar-refractivity contribution in [2.75, 3.05) is 32.6 Å². The Morgan fingerprint density at radius 2 is 2.04 bits per heavy atom. The molecule has 7 nitrogen and oxygen atoms in total. The van der Waals surface area contributed by atoms with Gasteiger partial charge in [0.25, 0.3) is 0 Å². The minimum absolute atomic E-state index is 0.116. The zero-order valence-corrected chi connectivity index (χ0v) is 16.0. The van der Waals surface area contributed by atoms with Gasteiger partial charge in [0.1, 0.15) is 16.9 Å². The third-order valence-electron chi connectivity index (χ3n) is 4.33. The van der Waals surface area contributed by atoms with Crippen LogP contribution in [0, 0.1) is 0 Å². The summed E-state index contributed by atoms with van der Waals surface area (Å²) in [6, 6.07) is 6.79. The van der Waals surface area contributed by atoms with Crippen LogP contribution in [0.3, 0.4) is 0 Å². The second kappa shape index (κ2) is 8.81. The molecule has 1 fully saturated rings. The highest BCUT2D eigenvalue weighted by atomic mass is 35.5. The number of hydrogen-bond acceptors (Lipinski definition) is 5. The molecule has 1 N–H and O–H groups in total. The van der Waals surface area contributed by atoms with E-state index in [9.17, 15) is 4.79 Å². The molecule has 0 bridgehead atoms. The van der Waals surface area contributed by atoms with Gasteiger partial charge >= 0.3 is 6.03 Å². The lowest BCUT2D eigenvalue weighted by atomic mass is 10.1. The summed E-state index contributed by atoms with van der Waals surface area (Å²) < 4.78 is 16.4. The minimum atomic E-state index is -0.184. The maximum atomic E-state index is 12.6. The number of halogens is 1. The Kier molecular flexibility index (Phi) is 6.24. The summed E-state index contributed by atoms with van der Waals surface area (Å²) in [7, 11) is 3.12. The lowest BCUT2D eigenvalue weighted by Crippen LogP contribution is -2.46. The van der Waals surface area contributed by atoms with Crippen LogP contribution in [0.25, 0.3) is 0 Å². The van der Waals surface area contributed by atoms with E-state index in [1.165, 1.54) is 0 Å². The van der Waals surface area contributed by atoms with Crippen molar-refractivity contribution in [3.63, 3.8) is 0 Å². The van der Waals surface area contributed by atoms with Gasteiger partial charge in [-0.2, -0.15) is 0 Å². The van der Waals surface area contributed by atoms with E-state index < -0.39 is 0 Å². The van der Waals surface area contributed by atoms with Gasteiger partial charge in [0.05, 0.1) is 20.8 Å². The number of rotatable bonds is 5. The highest BCUT2D eigenvalue weighted by Crippen LogP contribution is 2.30. The summed E-state index contributed by atoms with van der Waals surface area (Å²) in [6.45, 7) is 1.15. The largest absolute Gasteiger partial charge is 0.493 e. The van der Waals surface area contributed by atoms with Crippen molar-refractivity contribution >= 4 is 23.3 Å². The summed E-state index contributed by atoms with van der Waals surface area (Å²) in [5.41, 5.74) is 0.637. The van der Waals surface area contributed by atoms with Crippen molar-refractivity contribution in [2.45, 2.75) is 18.9 Å². The van der Waals surface area contributed by atoms with Crippen molar-refractivity contribution in [2.24, 2.45) is 0 Å². The van der Waals surface area contributed by atoms with Gasteiger partial charge in [-0.15, -0.1) is 0 Å². The smallest absolute Gasteiger partial charge is 0.321 e. The Bertz CT molecular complexity index is 802. The fourth-order valence-corrected chi connectivity index (χ4v) is 3.14. The molecular weight excluding hydrogens is 370 g/mol. The topological polar surface area (TPSA) is 72.9 Å². The maximum Gasteiger partial charge on any atom is 0.321 e. The van der Waals surface area contributed by atoms with E-state index in [-0.39, 0.29) is 12.1 Å². The van der Waals surface area contributed by atoms with E-state index in [1.807, 2.05) is 0 Å². The van der Waals surface area contributed by atoms with Gasteiger partial charge in [0, 0.05) is 36.8 Å². The molecule has 1 aliphatic rings. The molecule has 0 spiro atoms. The molecule has 3 rings (SSSR count). The van der Waals surface area contributed by atoms with Crippen LogP contribution >= 0.6 is 11.6 Å². The summed E-state index contributed by atoms with van der Waals surface area (Å²) in [5, 5.41) is 3.36. The second-order valence-electron chi connectivity index (χ2n) is 6.13. The first-order valence-corrected chi connectivity index (χ1v) is 9.02. The molecule has 144 valence electrons. The number of methoxy groups -OCH3 is 2. The molecule has 1 atom stereocenters. The van der Waals surface area contributed by atoms with Crippen molar-refractivity contribution in [3.05, 3.63) is 41.7 Å². The average molecular weight is 392 g/mol. The van der Waals surface area contributed by atoms with E-state index in [1.54, 1.807) is 55.8 Å². The molecule has 8 heteroatoms. The lowest BCUT2D eigenvalue weighted by molar-refractivity contribution is 0.106. The molecule has 1 saturated heterocycles. The number of hydrogen-bond donors (Lipinski definition) is 1. The van der Waals surface area contributed by atoms with E-state index in [0.29, 0.717) is 41.0 Å². The Balaban J connectivity index is 1.62. The standard InChI is InChI=1S/C19H22ClN3O4/c1-25-17-6-5-13(10-18(17)26-2)22-19(24)23-9-3-4-14(12-23)27-16-7-8-21-11-15(16)20/h5-8,10-11,14H,3-4,9,12H2,1-2H3,(H,22,24)/t14-/m1/s1. The van der Waals surface area contributed by atoms with Crippen LogP contribution in [0.5, 0.6) is 17.2 Å². The van der Waals surface area contributed by atoms with Crippen LogP contribution in [-0.2, 0) is 0 Å². The van der Waals surface area contributed by atoms with E-state index in [2.05, 4.69) is 10.3 Å². The number of pyridine rings is 1. The van der Waals surface area contributed by atoms with Gasteiger partial charge in [-0.3, -0.25) is 4.98 Å². The number of urea groups is 1. The molecule has 2 heterocycles. The molecule has 1 aliphatic heterocycles. The van der Waals surface area contributed by atoms with Gasteiger partial charge in [0.2, 0.25) is 0 Å². The zero-order chi connectivity index (χ0) is 19.2. The number of carbonyl (C=O) groups excluding carboxylic acids is 1. The maximum absolute atomic E-state index is 12.6. The summed E-state index contributed by atoms with van der Waals surface area (Å²) in [4.78, 5) is 18.3. The predicted molar refractivity (Wildman–Crippen MR) is 103 cm³/mol. The summed E-state index contributed by atoms with van der Waals surface area (Å²) in [6.07, 6.45) is 4.77. The normalized spacial score (nSPS) is 16.6.